The molecule has 1 aromatic heterocycles. The van der Waals surface area contributed by atoms with Gasteiger partial charge in [-0.05, 0) is 51.8 Å². The minimum atomic E-state index is -0.320. The molecule has 3 rings (SSSR count). The van der Waals surface area contributed by atoms with Crippen molar-refractivity contribution in [1.29, 1.82) is 0 Å². The molecular weight excluding hydrogens is 320 g/mol. The molecule has 0 bridgehead atoms. The first-order chi connectivity index (χ1) is 12.0. The summed E-state index contributed by atoms with van der Waals surface area (Å²) in [6, 6.07) is 3.54. The van der Waals surface area contributed by atoms with Crippen LogP contribution < -0.4 is 15.6 Å². The lowest BCUT2D eigenvalue weighted by Gasteiger charge is -2.46. The van der Waals surface area contributed by atoms with Gasteiger partial charge in [-0.3, -0.25) is 9.69 Å². The number of nitrogens with one attached hydrogen (secondary N) is 2. The van der Waals surface area contributed by atoms with Crippen molar-refractivity contribution in [3.63, 3.8) is 0 Å². The molecule has 0 aromatic carbocycles. The van der Waals surface area contributed by atoms with Crippen molar-refractivity contribution in [2.45, 2.75) is 38.8 Å². The first kappa shape index (κ1) is 17.9. The van der Waals surface area contributed by atoms with E-state index in [1.807, 2.05) is 4.90 Å². The zero-order valence-corrected chi connectivity index (χ0v) is 15.0. The molecule has 7 heteroatoms. The van der Waals surface area contributed by atoms with Gasteiger partial charge in [-0.15, -0.1) is 0 Å². The lowest BCUT2D eigenvalue weighted by Crippen LogP contribution is -2.60. The van der Waals surface area contributed by atoms with Gasteiger partial charge >= 0.3 is 6.09 Å². The molecule has 2 fully saturated rings. The van der Waals surface area contributed by atoms with Crippen LogP contribution in [0.1, 0.15) is 26.7 Å². The number of rotatable bonds is 3. The van der Waals surface area contributed by atoms with E-state index in [2.05, 4.69) is 29.0 Å². The van der Waals surface area contributed by atoms with Crippen molar-refractivity contribution in [3.8, 4) is 5.75 Å². The van der Waals surface area contributed by atoms with Gasteiger partial charge in [0.2, 0.25) is 5.56 Å². The number of hydrogen-bond acceptors (Lipinski definition) is 5. The molecule has 1 atom stereocenters. The summed E-state index contributed by atoms with van der Waals surface area (Å²) >= 11 is 0. The molecule has 0 saturated carbocycles. The van der Waals surface area contributed by atoms with Gasteiger partial charge in [0.1, 0.15) is 5.75 Å². The van der Waals surface area contributed by atoms with Crippen LogP contribution in [0.3, 0.4) is 0 Å². The Bertz CT molecular complexity index is 619. The van der Waals surface area contributed by atoms with Crippen molar-refractivity contribution >= 4 is 6.09 Å². The summed E-state index contributed by atoms with van der Waals surface area (Å²) in [7, 11) is 0. The highest BCUT2D eigenvalue weighted by Crippen LogP contribution is 2.26. The molecule has 0 aliphatic carbocycles. The highest BCUT2D eigenvalue weighted by atomic mass is 16.6. The van der Waals surface area contributed by atoms with Crippen LogP contribution in [0, 0.1) is 5.92 Å². The van der Waals surface area contributed by atoms with Crippen molar-refractivity contribution in [1.82, 2.24) is 20.1 Å². The second-order valence-electron chi connectivity index (χ2n) is 7.19. The maximum atomic E-state index is 12.8. The Labute approximate surface area is 148 Å². The van der Waals surface area contributed by atoms with Crippen LogP contribution in [0.15, 0.2) is 23.1 Å². The number of piperazine rings is 1. The number of carbonyl (C=O) groups excluding carboxylic acids is 1. The van der Waals surface area contributed by atoms with Crippen molar-refractivity contribution < 1.29 is 9.53 Å². The number of hydrogen-bond donors (Lipinski definition) is 2. The van der Waals surface area contributed by atoms with Crippen LogP contribution in [-0.2, 0) is 0 Å². The zero-order valence-electron chi connectivity index (χ0n) is 15.0. The third kappa shape index (κ3) is 4.41. The maximum absolute atomic E-state index is 12.8. The third-order valence-electron chi connectivity index (χ3n) is 5.30. The van der Waals surface area contributed by atoms with Gasteiger partial charge < -0.3 is 19.9 Å². The van der Waals surface area contributed by atoms with E-state index in [9.17, 15) is 9.59 Å². The van der Waals surface area contributed by atoms with Gasteiger partial charge in [-0.1, -0.05) is 0 Å². The molecule has 0 spiro atoms. The summed E-state index contributed by atoms with van der Waals surface area (Å²) in [5, 5.41) is 3.39. The minimum Gasteiger partial charge on any atom is -0.409 e. The Hall–Kier alpha value is -1.86. The van der Waals surface area contributed by atoms with E-state index >= 15 is 0 Å². The zero-order chi connectivity index (χ0) is 17.8. The lowest BCUT2D eigenvalue weighted by atomic mass is 9.87. The fourth-order valence-corrected chi connectivity index (χ4v) is 3.78. The van der Waals surface area contributed by atoms with Crippen LogP contribution >= 0.6 is 0 Å². The summed E-state index contributed by atoms with van der Waals surface area (Å²) in [6.07, 6.45) is 3.28. The molecule has 1 unspecified atom stereocenters. The standard InChI is InChI=1S/C18H28N4O3/c1-13(2)21-9-10-22(16(12-21)14-5-7-19-8-6-14)18(24)25-15-3-4-17(23)20-11-15/h3-4,11,13-14,16,19H,5-10,12H2,1-2H3,(H,20,23). The van der Waals surface area contributed by atoms with Crippen LogP contribution in [0.2, 0.25) is 0 Å². The van der Waals surface area contributed by atoms with Crippen molar-refractivity contribution in [2.24, 2.45) is 5.92 Å². The summed E-state index contributed by atoms with van der Waals surface area (Å²) in [5.41, 5.74) is -0.210. The molecule has 1 amide bonds. The van der Waals surface area contributed by atoms with E-state index < -0.39 is 0 Å². The van der Waals surface area contributed by atoms with Crippen LogP contribution in [0.4, 0.5) is 4.79 Å². The van der Waals surface area contributed by atoms with Gasteiger partial charge in [-0.2, -0.15) is 0 Å². The second-order valence-corrected chi connectivity index (χ2v) is 7.19. The Morgan fingerprint density at radius 3 is 2.64 bits per heavy atom. The lowest BCUT2D eigenvalue weighted by molar-refractivity contribution is 0.0272. The van der Waals surface area contributed by atoms with E-state index in [0.717, 1.165) is 39.0 Å². The quantitative estimate of drug-likeness (QED) is 0.860. The first-order valence-electron chi connectivity index (χ1n) is 9.16. The van der Waals surface area contributed by atoms with Gasteiger partial charge in [0, 0.05) is 37.9 Å². The topological polar surface area (TPSA) is 77.7 Å². The number of aromatic nitrogens is 1. The average molecular weight is 348 g/mol. The highest BCUT2D eigenvalue weighted by Gasteiger charge is 2.37. The first-order valence-corrected chi connectivity index (χ1v) is 9.16. The summed E-state index contributed by atoms with van der Waals surface area (Å²) in [6.45, 7) is 8.84. The molecule has 2 N–H and O–H groups in total. The number of amides is 1. The monoisotopic (exact) mass is 348 g/mol. The molecule has 2 aliphatic heterocycles. The predicted octanol–water partition coefficient (Wildman–Crippen LogP) is 1.27. The molecule has 25 heavy (non-hydrogen) atoms. The maximum Gasteiger partial charge on any atom is 0.415 e. The molecule has 2 saturated heterocycles. The molecule has 7 nitrogen and oxygen atoms in total. The molecule has 2 aliphatic rings. The van der Waals surface area contributed by atoms with Gasteiger partial charge in [0.05, 0.1) is 6.04 Å². The molecular formula is C18H28N4O3. The van der Waals surface area contributed by atoms with E-state index in [1.54, 1.807) is 0 Å². The van der Waals surface area contributed by atoms with E-state index in [-0.39, 0.29) is 17.7 Å². The summed E-state index contributed by atoms with van der Waals surface area (Å²) < 4.78 is 5.51. The molecule has 0 radical (unpaired) electrons. The normalized spacial score (nSPS) is 23.0. The van der Waals surface area contributed by atoms with Crippen molar-refractivity contribution in [2.75, 3.05) is 32.7 Å². The number of aromatic amines is 1. The van der Waals surface area contributed by atoms with E-state index in [0.29, 0.717) is 24.3 Å². The smallest absolute Gasteiger partial charge is 0.409 e. The van der Waals surface area contributed by atoms with E-state index in [4.69, 9.17) is 4.74 Å². The summed E-state index contributed by atoms with van der Waals surface area (Å²) in [5.74, 6) is 0.867. The van der Waals surface area contributed by atoms with Gasteiger partial charge in [0.15, 0.2) is 0 Å². The number of H-pyrrole nitrogens is 1. The SMILES string of the molecule is CC(C)N1CCN(C(=O)Oc2ccc(=O)[nH]c2)C(C2CCNCC2)C1. The third-order valence-corrected chi connectivity index (χ3v) is 5.30. The number of piperidine rings is 1. The Balaban J connectivity index is 1.72. The Morgan fingerprint density at radius 1 is 1.24 bits per heavy atom. The minimum absolute atomic E-state index is 0.175. The van der Waals surface area contributed by atoms with Crippen LogP contribution in [0.25, 0.3) is 0 Å². The fraction of sp³-hybridized carbons (Fsp3) is 0.667. The Morgan fingerprint density at radius 2 is 2.00 bits per heavy atom. The van der Waals surface area contributed by atoms with Gasteiger partial charge in [0.25, 0.3) is 0 Å². The van der Waals surface area contributed by atoms with E-state index in [1.165, 1.54) is 18.3 Å². The predicted molar refractivity (Wildman–Crippen MR) is 95.9 cm³/mol. The number of nitrogens with zero attached hydrogens (tertiary/aromatic N) is 2. The fourth-order valence-electron chi connectivity index (χ4n) is 3.78. The highest BCUT2D eigenvalue weighted by molar-refractivity contribution is 5.71. The molecule has 138 valence electrons. The number of ether oxygens (including phenoxy) is 1. The van der Waals surface area contributed by atoms with Crippen LogP contribution in [0.5, 0.6) is 5.75 Å². The number of pyridine rings is 1. The van der Waals surface area contributed by atoms with Crippen LogP contribution in [-0.4, -0.2) is 65.7 Å². The summed E-state index contributed by atoms with van der Waals surface area (Å²) in [4.78, 5) is 30.8. The Kier molecular flexibility index (Phi) is 5.75. The number of carbonyl (C=O) groups is 1. The van der Waals surface area contributed by atoms with Crippen molar-refractivity contribution in [3.05, 3.63) is 28.7 Å². The molecule has 1 aromatic rings. The van der Waals surface area contributed by atoms with Gasteiger partial charge in [-0.25, -0.2) is 4.79 Å². The average Bonchev–Trinajstić information content (AvgIpc) is 2.63. The second kappa shape index (κ2) is 8.01. The molecule has 3 heterocycles. The largest absolute Gasteiger partial charge is 0.415 e.